The van der Waals surface area contributed by atoms with Crippen molar-refractivity contribution >= 4 is 11.0 Å². The Morgan fingerprint density at radius 2 is 1.81 bits per heavy atom. The summed E-state index contributed by atoms with van der Waals surface area (Å²) in [6, 6.07) is 19.0. The molecule has 2 atom stereocenters. The van der Waals surface area contributed by atoms with Crippen LogP contribution in [0.25, 0.3) is 11.0 Å². The Balaban J connectivity index is 2.01. The Hall–Kier alpha value is -3.52. The van der Waals surface area contributed by atoms with E-state index >= 15 is 0 Å². The van der Waals surface area contributed by atoms with Crippen LogP contribution in [0.15, 0.2) is 75.3 Å². The fourth-order valence-electron chi connectivity index (χ4n) is 3.55. The standard InChI is InChI=1S/C21H16N2O3/c1-12(13-7-3-2-4-8-13)17-15(11-22)20(23)26-19-14-9-5-6-10-16(14)25-21(24)18(17)19/h2-10,12,17H,23H2,1H3. The first kappa shape index (κ1) is 16.0. The summed E-state index contributed by atoms with van der Waals surface area (Å²) in [6.45, 7) is 1.97. The fourth-order valence-corrected chi connectivity index (χ4v) is 3.55. The van der Waals surface area contributed by atoms with E-state index in [2.05, 4.69) is 6.07 Å². The van der Waals surface area contributed by atoms with Gasteiger partial charge in [-0.1, -0.05) is 49.4 Å². The molecule has 2 aromatic carbocycles. The third-order valence-electron chi connectivity index (χ3n) is 4.84. The van der Waals surface area contributed by atoms with Crippen molar-refractivity contribution in [2.24, 2.45) is 5.73 Å². The summed E-state index contributed by atoms with van der Waals surface area (Å²) >= 11 is 0. The minimum atomic E-state index is -0.535. The van der Waals surface area contributed by atoms with E-state index in [1.807, 2.05) is 49.4 Å². The number of para-hydroxylation sites is 1. The Bertz CT molecular complexity index is 1120. The average molecular weight is 344 g/mol. The zero-order valence-electron chi connectivity index (χ0n) is 14.1. The molecule has 3 aromatic rings. The van der Waals surface area contributed by atoms with Gasteiger partial charge in [-0.05, 0) is 23.6 Å². The summed E-state index contributed by atoms with van der Waals surface area (Å²) in [4.78, 5) is 12.8. The zero-order chi connectivity index (χ0) is 18.3. The SMILES string of the molecule is CC(c1ccccc1)C1C(C#N)=C(N)Oc2c1c(=O)oc1ccccc21. The maximum absolute atomic E-state index is 12.8. The van der Waals surface area contributed by atoms with E-state index < -0.39 is 11.5 Å². The first-order chi connectivity index (χ1) is 12.6. The maximum Gasteiger partial charge on any atom is 0.343 e. The first-order valence-corrected chi connectivity index (χ1v) is 8.30. The summed E-state index contributed by atoms with van der Waals surface area (Å²) in [7, 11) is 0. The van der Waals surface area contributed by atoms with Crippen molar-refractivity contribution in [3.8, 4) is 11.8 Å². The number of nitrogens with zero attached hydrogens (tertiary/aromatic N) is 1. The van der Waals surface area contributed by atoms with Crippen molar-refractivity contribution in [1.29, 1.82) is 5.26 Å². The van der Waals surface area contributed by atoms with Crippen molar-refractivity contribution in [2.45, 2.75) is 18.8 Å². The van der Waals surface area contributed by atoms with E-state index in [1.54, 1.807) is 12.1 Å². The molecule has 5 nitrogen and oxygen atoms in total. The molecule has 2 heterocycles. The van der Waals surface area contributed by atoms with Gasteiger partial charge in [-0.3, -0.25) is 0 Å². The highest BCUT2D eigenvalue weighted by atomic mass is 16.5. The molecule has 1 aliphatic heterocycles. The normalized spacial score (nSPS) is 17.3. The highest BCUT2D eigenvalue weighted by molar-refractivity contribution is 5.85. The number of ether oxygens (including phenoxy) is 1. The van der Waals surface area contributed by atoms with Crippen LogP contribution in [0.2, 0.25) is 0 Å². The van der Waals surface area contributed by atoms with Gasteiger partial charge in [0, 0.05) is 5.92 Å². The Labute approximate surface area is 149 Å². The molecule has 0 bridgehead atoms. The Kier molecular flexibility index (Phi) is 3.74. The van der Waals surface area contributed by atoms with E-state index in [0.717, 1.165) is 5.56 Å². The van der Waals surface area contributed by atoms with Crippen LogP contribution in [0.1, 0.15) is 29.9 Å². The lowest BCUT2D eigenvalue weighted by atomic mass is 9.77. The molecule has 0 radical (unpaired) electrons. The van der Waals surface area contributed by atoms with Crippen molar-refractivity contribution in [3.63, 3.8) is 0 Å². The second-order valence-electron chi connectivity index (χ2n) is 6.30. The van der Waals surface area contributed by atoms with Crippen LogP contribution in [0, 0.1) is 11.3 Å². The van der Waals surface area contributed by atoms with Crippen molar-refractivity contribution in [2.75, 3.05) is 0 Å². The molecule has 1 aliphatic rings. The van der Waals surface area contributed by atoms with Gasteiger partial charge in [-0.2, -0.15) is 5.26 Å². The molecule has 2 N–H and O–H groups in total. The molecule has 26 heavy (non-hydrogen) atoms. The van der Waals surface area contributed by atoms with E-state index in [1.165, 1.54) is 0 Å². The minimum absolute atomic E-state index is 0.0311. The summed E-state index contributed by atoms with van der Waals surface area (Å²) in [5, 5.41) is 10.3. The quantitative estimate of drug-likeness (QED) is 0.715. The van der Waals surface area contributed by atoms with Crippen molar-refractivity contribution in [3.05, 3.63) is 87.6 Å². The second-order valence-corrected chi connectivity index (χ2v) is 6.30. The molecule has 0 spiro atoms. The molecule has 0 fully saturated rings. The summed E-state index contributed by atoms with van der Waals surface area (Å²) in [6.07, 6.45) is 0. The van der Waals surface area contributed by atoms with Gasteiger partial charge in [0.25, 0.3) is 0 Å². The maximum atomic E-state index is 12.8. The number of nitriles is 1. The lowest BCUT2D eigenvalue weighted by molar-refractivity contribution is 0.374. The summed E-state index contributed by atoms with van der Waals surface area (Å²) < 4.78 is 11.2. The van der Waals surface area contributed by atoms with Gasteiger partial charge < -0.3 is 14.9 Å². The number of hydrogen-bond acceptors (Lipinski definition) is 5. The predicted octanol–water partition coefficient (Wildman–Crippen LogP) is 3.77. The highest BCUT2D eigenvalue weighted by Gasteiger charge is 2.38. The number of benzene rings is 2. The molecule has 2 unspecified atom stereocenters. The van der Waals surface area contributed by atoms with Crippen LogP contribution in [0.4, 0.5) is 0 Å². The highest BCUT2D eigenvalue weighted by Crippen LogP contribution is 2.46. The molecule has 5 heteroatoms. The number of nitrogens with two attached hydrogens (primary N) is 1. The zero-order valence-corrected chi connectivity index (χ0v) is 14.1. The van der Waals surface area contributed by atoms with Gasteiger partial charge in [0.1, 0.15) is 11.7 Å². The molecule has 0 aliphatic carbocycles. The molecule has 0 saturated heterocycles. The third kappa shape index (κ3) is 2.35. The number of hydrogen-bond donors (Lipinski definition) is 1. The molecule has 128 valence electrons. The van der Waals surface area contributed by atoms with Gasteiger partial charge in [0.15, 0.2) is 5.75 Å². The average Bonchev–Trinajstić information content (AvgIpc) is 2.67. The lowest BCUT2D eigenvalue weighted by Crippen LogP contribution is -2.28. The largest absolute Gasteiger partial charge is 0.439 e. The molecular weight excluding hydrogens is 328 g/mol. The summed E-state index contributed by atoms with van der Waals surface area (Å²) in [5.74, 6) is -0.284. The van der Waals surface area contributed by atoms with Gasteiger partial charge in [-0.25, -0.2) is 4.79 Å². The fraction of sp³-hybridized carbons (Fsp3) is 0.143. The monoisotopic (exact) mass is 344 g/mol. The van der Waals surface area contributed by atoms with Crippen molar-refractivity contribution in [1.82, 2.24) is 0 Å². The van der Waals surface area contributed by atoms with Crippen LogP contribution >= 0.6 is 0 Å². The first-order valence-electron chi connectivity index (χ1n) is 8.30. The summed E-state index contributed by atoms with van der Waals surface area (Å²) in [5.41, 5.74) is 7.56. The molecule has 1 aromatic heterocycles. The molecular formula is C21H16N2O3. The van der Waals surface area contributed by atoms with E-state index in [0.29, 0.717) is 22.3 Å². The number of allylic oxidation sites excluding steroid dienone is 1. The smallest absolute Gasteiger partial charge is 0.343 e. The lowest BCUT2D eigenvalue weighted by Gasteiger charge is -2.29. The van der Waals surface area contributed by atoms with Gasteiger partial charge in [-0.15, -0.1) is 0 Å². The Morgan fingerprint density at radius 3 is 2.54 bits per heavy atom. The van der Waals surface area contributed by atoms with Gasteiger partial charge in [0.2, 0.25) is 5.88 Å². The van der Waals surface area contributed by atoms with Crippen molar-refractivity contribution < 1.29 is 9.15 Å². The van der Waals surface area contributed by atoms with Crippen LogP contribution in [0.3, 0.4) is 0 Å². The van der Waals surface area contributed by atoms with E-state index in [4.69, 9.17) is 14.9 Å². The van der Waals surface area contributed by atoms with Crippen LogP contribution in [-0.4, -0.2) is 0 Å². The van der Waals surface area contributed by atoms with E-state index in [-0.39, 0.29) is 17.4 Å². The van der Waals surface area contributed by atoms with Crippen LogP contribution < -0.4 is 16.1 Å². The van der Waals surface area contributed by atoms with Crippen LogP contribution in [-0.2, 0) is 0 Å². The molecule has 4 rings (SSSR count). The van der Waals surface area contributed by atoms with Gasteiger partial charge >= 0.3 is 5.63 Å². The molecule has 0 amide bonds. The topological polar surface area (TPSA) is 89.3 Å². The number of rotatable bonds is 2. The van der Waals surface area contributed by atoms with E-state index in [9.17, 15) is 10.1 Å². The number of fused-ring (bicyclic) bond motifs is 3. The minimum Gasteiger partial charge on any atom is -0.439 e. The predicted molar refractivity (Wildman–Crippen MR) is 97.5 cm³/mol. The molecule has 0 saturated carbocycles. The second kappa shape index (κ2) is 6.08. The van der Waals surface area contributed by atoms with Gasteiger partial charge in [0.05, 0.1) is 16.5 Å². The Morgan fingerprint density at radius 1 is 1.12 bits per heavy atom. The third-order valence-corrected chi connectivity index (χ3v) is 4.84. The van der Waals surface area contributed by atoms with Crippen LogP contribution in [0.5, 0.6) is 5.75 Å².